The van der Waals surface area contributed by atoms with E-state index in [2.05, 4.69) is 27.1 Å². The van der Waals surface area contributed by atoms with E-state index >= 15 is 0 Å². The second-order valence-electron chi connectivity index (χ2n) is 5.56. The molecule has 1 aromatic heterocycles. The number of H-pyrrole nitrogens is 1. The number of rotatable bonds is 6. The molecule has 0 saturated carbocycles. The number of halogens is 1. The third-order valence-electron chi connectivity index (χ3n) is 3.82. The minimum absolute atomic E-state index is 0.0848. The summed E-state index contributed by atoms with van der Waals surface area (Å²) >= 11 is 5.77. The highest BCUT2D eigenvalue weighted by molar-refractivity contribution is 7.89. The quantitative estimate of drug-likeness (QED) is 0.499. The van der Waals surface area contributed by atoms with Crippen molar-refractivity contribution in [1.82, 2.24) is 15.0 Å². The van der Waals surface area contributed by atoms with Gasteiger partial charge in [-0.05, 0) is 36.2 Å². The molecule has 2 N–H and O–H groups in total. The first-order valence-electron chi connectivity index (χ1n) is 7.92. The molecular formula is C18H17ClN4O2S. The normalized spacial score (nSPS) is 11.8. The van der Waals surface area contributed by atoms with E-state index in [-0.39, 0.29) is 4.90 Å². The smallest absolute Gasteiger partial charge is 0.276 e. The van der Waals surface area contributed by atoms with Gasteiger partial charge in [-0.3, -0.25) is 5.10 Å². The monoisotopic (exact) mass is 388 g/mol. The minimum Gasteiger partial charge on any atom is -0.277 e. The number of sulfonamides is 1. The summed E-state index contributed by atoms with van der Waals surface area (Å²) in [4.78, 5) is 2.27. The van der Waals surface area contributed by atoms with E-state index in [0.717, 1.165) is 17.7 Å². The predicted octanol–water partition coefficient (Wildman–Crippen LogP) is 3.60. The van der Waals surface area contributed by atoms with E-state index in [1.54, 1.807) is 6.20 Å². The zero-order valence-electron chi connectivity index (χ0n) is 14.0. The van der Waals surface area contributed by atoms with Gasteiger partial charge in [0.2, 0.25) is 0 Å². The van der Waals surface area contributed by atoms with E-state index in [9.17, 15) is 8.42 Å². The van der Waals surface area contributed by atoms with Gasteiger partial charge in [0, 0.05) is 16.1 Å². The molecule has 26 heavy (non-hydrogen) atoms. The molecule has 0 bridgehead atoms. The molecule has 0 spiro atoms. The molecule has 0 aliphatic rings. The Labute approximate surface area is 157 Å². The van der Waals surface area contributed by atoms with Crippen molar-refractivity contribution in [3.8, 4) is 11.3 Å². The van der Waals surface area contributed by atoms with Crippen molar-refractivity contribution in [2.24, 2.45) is 5.10 Å². The Hall–Kier alpha value is -2.64. The van der Waals surface area contributed by atoms with Crippen molar-refractivity contribution in [3.63, 3.8) is 0 Å². The van der Waals surface area contributed by atoms with Crippen molar-refractivity contribution in [1.29, 1.82) is 0 Å². The van der Waals surface area contributed by atoms with Crippen LogP contribution in [-0.2, 0) is 16.4 Å². The molecule has 0 amide bonds. The molecule has 0 unspecified atom stereocenters. The maximum Gasteiger partial charge on any atom is 0.276 e. The zero-order valence-corrected chi connectivity index (χ0v) is 15.6. The Morgan fingerprint density at radius 3 is 2.50 bits per heavy atom. The fourth-order valence-corrected chi connectivity index (χ4v) is 3.28. The maximum atomic E-state index is 12.2. The van der Waals surface area contributed by atoms with Crippen LogP contribution < -0.4 is 4.83 Å². The van der Waals surface area contributed by atoms with E-state index in [4.69, 9.17) is 11.6 Å². The van der Waals surface area contributed by atoms with Crippen LogP contribution in [0.3, 0.4) is 0 Å². The average Bonchev–Trinajstić information content (AvgIpc) is 3.10. The lowest BCUT2D eigenvalue weighted by Gasteiger charge is -2.04. The number of nitrogens with zero attached hydrogens (tertiary/aromatic N) is 2. The summed E-state index contributed by atoms with van der Waals surface area (Å²) in [6.45, 7) is 2.09. The van der Waals surface area contributed by atoms with Crippen LogP contribution in [0.1, 0.15) is 18.1 Å². The van der Waals surface area contributed by atoms with Crippen LogP contribution in [0.4, 0.5) is 0 Å². The average molecular weight is 389 g/mol. The highest BCUT2D eigenvalue weighted by atomic mass is 35.5. The Kier molecular flexibility index (Phi) is 5.39. The molecule has 1 heterocycles. The van der Waals surface area contributed by atoms with Crippen LogP contribution in [0.2, 0.25) is 5.02 Å². The molecule has 134 valence electrons. The number of hydrogen-bond acceptors (Lipinski definition) is 4. The summed E-state index contributed by atoms with van der Waals surface area (Å²) in [5.41, 5.74) is 3.62. The standard InChI is InChI=1S/C18H17ClN4O2S/c1-2-13-3-5-14(6-4-13)18-15(11-20-22-18)12-21-23-26(24,25)17-9-7-16(19)8-10-17/h3-12,23H,2H2,1H3,(H,20,22)/b21-12-. The Balaban J connectivity index is 1.77. The van der Waals surface area contributed by atoms with Gasteiger partial charge in [-0.15, -0.1) is 0 Å². The lowest BCUT2D eigenvalue weighted by molar-refractivity contribution is 0.584. The summed E-state index contributed by atoms with van der Waals surface area (Å²) in [6.07, 6.45) is 3.97. The lowest BCUT2D eigenvalue weighted by Crippen LogP contribution is -2.18. The van der Waals surface area contributed by atoms with Gasteiger partial charge in [0.1, 0.15) is 0 Å². The summed E-state index contributed by atoms with van der Waals surface area (Å²) in [5.74, 6) is 0. The predicted molar refractivity (Wildman–Crippen MR) is 103 cm³/mol. The molecule has 0 aliphatic heterocycles. The van der Waals surface area contributed by atoms with Gasteiger partial charge in [0.15, 0.2) is 0 Å². The first kappa shape index (κ1) is 18.2. The first-order valence-corrected chi connectivity index (χ1v) is 9.79. The van der Waals surface area contributed by atoms with Crippen molar-refractivity contribution >= 4 is 27.8 Å². The summed E-state index contributed by atoms with van der Waals surface area (Å²) in [5, 5.41) is 11.2. The van der Waals surface area contributed by atoms with Gasteiger partial charge >= 0.3 is 0 Å². The van der Waals surface area contributed by atoms with E-state index < -0.39 is 10.0 Å². The molecule has 0 aliphatic carbocycles. The highest BCUT2D eigenvalue weighted by Gasteiger charge is 2.12. The largest absolute Gasteiger partial charge is 0.277 e. The van der Waals surface area contributed by atoms with E-state index in [1.807, 2.05) is 24.3 Å². The molecule has 0 radical (unpaired) electrons. The van der Waals surface area contributed by atoms with E-state index in [1.165, 1.54) is 36.0 Å². The number of hydrogen-bond donors (Lipinski definition) is 2. The molecule has 2 aromatic carbocycles. The van der Waals surface area contributed by atoms with Crippen molar-refractivity contribution in [2.75, 3.05) is 0 Å². The van der Waals surface area contributed by atoms with E-state index in [0.29, 0.717) is 10.6 Å². The van der Waals surface area contributed by atoms with Gasteiger partial charge < -0.3 is 0 Å². The lowest BCUT2D eigenvalue weighted by atomic mass is 10.1. The summed E-state index contributed by atoms with van der Waals surface area (Å²) < 4.78 is 24.4. The molecule has 8 heteroatoms. The zero-order chi connectivity index (χ0) is 18.6. The fourth-order valence-electron chi connectivity index (χ4n) is 2.36. The molecule has 6 nitrogen and oxygen atoms in total. The third kappa shape index (κ3) is 4.12. The molecule has 3 rings (SSSR count). The van der Waals surface area contributed by atoms with Gasteiger partial charge in [-0.25, -0.2) is 4.83 Å². The number of hydrazone groups is 1. The second-order valence-corrected chi connectivity index (χ2v) is 7.65. The molecule has 0 saturated heterocycles. The molecular weight excluding hydrogens is 372 g/mol. The van der Waals surface area contributed by atoms with Gasteiger partial charge in [0.05, 0.1) is 23.0 Å². The van der Waals surface area contributed by atoms with Crippen LogP contribution >= 0.6 is 11.6 Å². The third-order valence-corrected chi connectivity index (χ3v) is 5.31. The van der Waals surface area contributed by atoms with Crippen molar-refractivity contribution in [3.05, 3.63) is 70.9 Å². The number of aromatic nitrogens is 2. The van der Waals surface area contributed by atoms with Crippen LogP contribution in [0, 0.1) is 0 Å². The van der Waals surface area contributed by atoms with Gasteiger partial charge in [-0.2, -0.15) is 18.6 Å². The van der Waals surface area contributed by atoms with Crippen molar-refractivity contribution < 1.29 is 8.42 Å². The molecule has 3 aromatic rings. The fraction of sp³-hybridized carbons (Fsp3) is 0.111. The maximum absolute atomic E-state index is 12.2. The Morgan fingerprint density at radius 2 is 1.85 bits per heavy atom. The highest BCUT2D eigenvalue weighted by Crippen LogP contribution is 2.20. The number of aryl methyl sites for hydroxylation is 1. The summed E-state index contributed by atoms with van der Waals surface area (Å²) in [7, 11) is -3.75. The van der Waals surface area contributed by atoms with Crippen LogP contribution in [-0.4, -0.2) is 24.8 Å². The molecule has 0 atom stereocenters. The molecule has 0 fully saturated rings. The number of aromatic amines is 1. The number of benzene rings is 2. The second kappa shape index (κ2) is 7.72. The minimum atomic E-state index is -3.75. The summed E-state index contributed by atoms with van der Waals surface area (Å²) in [6, 6.07) is 13.9. The topological polar surface area (TPSA) is 87.2 Å². The van der Waals surface area contributed by atoms with Crippen LogP contribution in [0.25, 0.3) is 11.3 Å². The first-order chi connectivity index (χ1) is 12.5. The Morgan fingerprint density at radius 1 is 1.15 bits per heavy atom. The van der Waals surface area contributed by atoms with Crippen LogP contribution in [0.15, 0.2) is 64.7 Å². The van der Waals surface area contributed by atoms with Gasteiger partial charge in [-0.1, -0.05) is 42.8 Å². The van der Waals surface area contributed by atoms with Crippen LogP contribution in [0.5, 0.6) is 0 Å². The SMILES string of the molecule is CCc1ccc(-c2[nH]ncc2/C=N\NS(=O)(=O)c2ccc(Cl)cc2)cc1. The number of nitrogens with one attached hydrogen (secondary N) is 2. The Bertz CT molecular complexity index is 1010. The van der Waals surface area contributed by atoms with Crippen molar-refractivity contribution in [2.45, 2.75) is 18.2 Å². The van der Waals surface area contributed by atoms with Gasteiger partial charge in [0.25, 0.3) is 10.0 Å².